The van der Waals surface area contributed by atoms with Gasteiger partial charge in [0, 0.05) is 30.9 Å². The summed E-state index contributed by atoms with van der Waals surface area (Å²) in [4.78, 5) is 30.4. The van der Waals surface area contributed by atoms with Crippen LogP contribution in [0, 0.1) is 5.82 Å². The van der Waals surface area contributed by atoms with E-state index in [1.807, 2.05) is 5.38 Å². The molecule has 1 aliphatic rings. The van der Waals surface area contributed by atoms with Crippen LogP contribution in [0.15, 0.2) is 48.0 Å². The van der Waals surface area contributed by atoms with Crippen molar-refractivity contribution in [2.45, 2.75) is 19.0 Å². The highest BCUT2D eigenvalue weighted by atomic mass is 32.1. The molecule has 1 unspecified atom stereocenters. The van der Waals surface area contributed by atoms with E-state index in [4.69, 9.17) is 5.73 Å². The third-order valence-electron chi connectivity index (χ3n) is 5.61. The molecule has 1 aromatic carbocycles. The van der Waals surface area contributed by atoms with Gasteiger partial charge in [0.2, 0.25) is 5.95 Å². The topological polar surface area (TPSA) is 126 Å². The van der Waals surface area contributed by atoms with Crippen LogP contribution in [0.4, 0.5) is 10.3 Å². The zero-order valence-corrected chi connectivity index (χ0v) is 18.9. The Kier molecular flexibility index (Phi) is 5.95. The van der Waals surface area contributed by atoms with Gasteiger partial charge in [-0.3, -0.25) is 9.59 Å². The lowest BCUT2D eigenvalue weighted by atomic mass is 10.1. The number of carbonyl (C=O) groups is 2. The summed E-state index contributed by atoms with van der Waals surface area (Å²) in [6.45, 7) is 1.87. The van der Waals surface area contributed by atoms with Gasteiger partial charge in [0.1, 0.15) is 5.82 Å². The number of hydrogen-bond acceptors (Lipinski definition) is 7. The summed E-state index contributed by atoms with van der Waals surface area (Å²) >= 11 is 1.29. The molecule has 5 rings (SSSR count). The number of aromatic nitrogens is 3. The van der Waals surface area contributed by atoms with Crippen molar-refractivity contribution >= 4 is 34.7 Å². The van der Waals surface area contributed by atoms with Crippen molar-refractivity contribution in [3.05, 3.63) is 69.8 Å². The Morgan fingerprint density at radius 3 is 2.79 bits per heavy atom. The number of anilines is 1. The predicted molar refractivity (Wildman–Crippen MR) is 127 cm³/mol. The molecule has 4 heterocycles. The monoisotopic (exact) mass is 479 g/mol. The molecule has 0 saturated carbocycles. The predicted octanol–water partition coefficient (Wildman–Crippen LogP) is 2.20. The number of nitrogens with zero attached hydrogens (tertiary/aromatic N) is 3. The molecule has 11 heteroatoms. The van der Waals surface area contributed by atoms with Crippen molar-refractivity contribution in [1.82, 2.24) is 30.5 Å². The Morgan fingerprint density at radius 2 is 2.03 bits per heavy atom. The average Bonchev–Trinajstić information content (AvgIpc) is 3.58. The van der Waals surface area contributed by atoms with Crippen LogP contribution in [-0.2, 0) is 6.54 Å². The first-order valence-electron chi connectivity index (χ1n) is 10.8. The minimum absolute atomic E-state index is 0.0500. The largest absolute Gasteiger partial charge is 0.366 e. The number of hydrogen-bond donors (Lipinski definition) is 4. The fraction of sp³-hybridized carbons (Fsp3) is 0.217. The third kappa shape index (κ3) is 4.61. The van der Waals surface area contributed by atoms with E-state index in [-0.39, 0.29) is 36.2 Å². The first-order valence-corrected chi connectivity index (χ1v) is 11.6. The number of halogens is 1. The molecule has 4 aromatic rings. The Hall–Kier alpha value is -3.83. The van der Waals surface area contributed by atoms with E-state index in [0.717, 1.165) is 30.6 Å². The van der Waals surface area contributed by atoms with Gasteiger partial charge in [-0.05, 0) is 53.7 Å². The van der Waals surface area contributed by atoms with Crippen molar-refractivity contribution in [3.8, 4) is 11.1 Å². The summed E-state index contributed by atoms with van der Waals surface area (Å²) in [7, 11) is 0. The second kappa shape index (κ2) is 9.20. The normalized spacial score (nSPS) is 15.5. The molecule has 1 fully saturated rings. The lowest BCUT2D eigenvalue weighted by Gasteiger charge is -2.12. The highest BCUT2D eigenvalue weighted by Crippen LogP contribution is 2.28. The first kappa shape index (κ1) is 22.0. The Morgan fingerprint density at radius 1 is 1.21 bits per heavy atom. The molecule has 1 saturated heterocycles. The number of rotatable bonds is 6. The molecule has 1 aliphatic heterocycles. The van der Waals surface area contributed by atoms with E-state index >= 15 is 0 Å². The van der Waals surface area contributed by atoms with E-state index in [9.17, 15) is 14.0 Å². The van der Waals surface area contributed by atoms with Crippen LogP contribution >= 0.6 is 11.3 Å². The molecule has 174 valence electrons. The number of fused-ring (bicyclic) bond motifs is 1. The standard InChI is InChI=1S/C23H22FN7O2S/c24-16-3-1-13(2-4-16)9-27-22(33)19-8-15(12-34-19)14-7-18(20-29-23(25)30-31(20)11-14)21(32)28-17-5-6-26-10-17/h1-4,7-8,11-12,17,26H,5-6,9-10H2,(H2,25,30)(H,27,33)(H,28,32). The van der Waals surface area contributed by atoms with E-state index in [1.54, 1.807) is 30.5 Å². The number of nitrogens with one attached hydrogen (secondary N) is 3. The van der Waals surface area contributed by atoms with Gasteiger partial charge in [0.25, 0.3) is 11.8 Å². The number of nitrogens with two attached hydrogens (primary N) is 1. The number of nitrogen functional groups attached to an aromatic ring is 1. The van der Waals surface area contributed by atoms with Crippen LogP contribution in [0.2, 0.25) is 0 Å². The van der Waals surface area contributed by atoms with Crippen LogP contribution < -0.4 is 21.7 Å². The van der Waals surface area contributed by atoms with Gasteiger partial charge in [-0.15, -0.1) is 16.4 Å². The molecule has 2 amide bonds. The molecular weight excluding hydrogens is 457 g/mol. The van der Waals surface area contributed by atoms with Crippen LogP contribution in [0.25, 0.3) is 16.8 Å². The highest BCUT2D eigenvalue weighted by Gasteiger charge is 2.22. The van der Waals surface area contributed by atoms with Gasteiger partial charge < -0.3 is 21.7 Å². The number of thiophene rings is 1. The molecule has 3 aromatic heterocycles. The molecule has 0 aliphatic carbocycles. The SMILES string of the molecule is Nc1nc2c(C(=O)NC3CCNC3)cc(-c3csc(C(=O)NCc4ccc(F)cc4)c3)cn2n1. The second-order valence-corrected chi connectivity index (χ2v) is 8.96. The summed E-state index contributed by atoms with van der Waals surface area (Å²) < 4.78 is 14.5. The molecule has 0 bridgehead atoms. The van der Waals surface area contributed by atoms with Gasteiger partial charge in [-0.1, -0.05) is 12.1 Å². The molecule has 34 heavy (non-hydrogen) atoms. The maximum Gasteiger partial charge on any atom is 0.261 e. The first-order chi connectivity index (χ1) is 16.5. The summed E-state index contributed by atoms with van der Waals surface area (Å²) in [6.07, 6.45) is 2.59. The summed E-state index contributed by atoms with van der Waals surface area (Å²) in [5.74, 6) is -0.740. The van der Waals surface area contributed by atoms with Crippen LogP contribution in [0.5, 0.6) is 0 Å². The molecule has 0 spiro atoms. The van der Waals surface area contributed by atoms with Gasteiger partial charge in [-0.2, -0.15) is 4.98 Å². The van der Waals surface area contributed by atoms with Crippen molar-refractivity contribution in [2.75, 3.05) is 18.8 Å². The fourth-order valence-corrected chi connectivity index (χ4v) is 4.68. The zero-order chi connectivity index (χ0) is 23.7. The van der Waals surface area contributed by atoms with Crippen molar-refractivity contribution in [1.29, 1.82) is 0 Å². The van der Waals surface area contributed by atoms with Gasteiger partial charge in [0.05, 0.1) is 10.4 Å². The molecule has 0 radical (unpaired) electrons. The summed E-state index contributed by atoms with van der Waals surface area (Å²) in [6, 6.07) is 9.52. The molecular formula is C23H22FN7O2S. The molecule has 5 N–H and O–H groups in total. The Balaban J connectivity index is 1.38. The van der Waals surface area contributed by atoms with Crippen molar-refractivity contribution in [2.24, 2.45) is 0 Å². The van der Waals surface area contributed by atoms with E-state index in [1.165, 1.54) is 28.0 Å². The summed E-state index contributed by atoms with van der Waals surface area (Å²) in [5.41, 5.74) is 8.80. The minimum atomic E-state index is -0.322. The lowest BCUT2D eigenvalue weighted by Crippen LogP contribution is -2.36. The maximum absolute atomic E-state index is 13.1. The van der Waals surface area contributed by atoms with Crippen molar-refractivity contribution in [3.63, 3.8) is 0 Å². The third-order valence-corrected chi connectivity index (χ3v) is 6.54. The average molecular weight is 480 g/mol. The molecule has 9 nitrogen and oxygen atoms in total. The number of pyridine rings is 1. The van der Waals surface area contributed by atoms with Gasteiger partial charge in [-0.25, -0.2) is 8.91 Å². The number of carbonyl (C=O) groups excluding carboxylic acids is 2. The molecule has 1 atom stereocenters. The second-order valence-electron chi connectivity index (χ2n) is 8.05. The quantitative estimate of drug-likeness (QED) is 0.336. The zero-order valence-electron chi connectivity index (χ0n) is 18.0. The van der Waals surface area contributed by atoms with Crippen LogP contribution in [-0.4, -0.2) is 45.5 Å². The Labute approximate surface area is 198 Å². The summed E-state index contributed by atoms with van der Waals surface area (Å²) in [5, 5.41) is 15.1. The maximum atomic E-state index is 13.1. The van der Waals surface area contributed by atoms with Gasteiger partial charge >= 0.3 is 0 Å². The minimum Gasteiger partial charge on any atom is -0.366 e. The lowest BCUT2D eigenvalue weighted by molar-refractivity contribution is 0.0937. The van der Waals surface area contributed by atoms with Crippen LogP contribution in [0.3, 0.4) is 0 Å². The number of benzene rings is 1. The van der Waals surface area contributed by atoms with E-state index in [2.05, 4.69) is 26.0 Å². The Bertz CT molecular complexity index is 1360. The van der Waals surface area contributed by atoms with Gasteiger partial charge in [0.15, 0.2) is 5.65 Å². The smallest absolute Gasteiger partial charge is 0.261 e. The van der Waals surface area contributed by atoms with Crippen LogP contribution in [0.1, 0.15) is 32.0 Å². The van der Waals surface area contributed by atoms with E-state index < -0.39 is 0 Å². The van der Waals surface area contributed by atoms with Crippen molar-refractivity contribution < 1.29 is 14.0 Å². The van der Waals surface area contributed by atoms with E-state index in [0.29, 0.717) is 21.7 Å². The fourth-order valence-electron chi connectivity index (χ4n) is 3.85. The number of amides is 2. The highest BCUT2D eigenvalue weighted by molar-refractivity contribution is 7.12.